The molecule has 28 N–H and O–H groups in total. The molecule has 0 fully saturated rings. The van der Waals surface area contributed by atoms with E-state index < -0.39 is 80.7 Å². The van der Waals surface area contributed by atoms with Crippen molar-refractivity contribution in [3.05, 3.63) is 0 Å². The van der Waals surface area contributed by atoms with Gasteiger partial charge in [0.05, 0.1) is 6.10 Å². The molecule has 0 spiro atoms. The Kier molecular flexibility index (Phi) is 46.5. The van der Waals surface area contributed by atoms with Crippen molar-refractivity contribution in [2.45, 2.75) is 216 Å². The molecule has 0 aromatic rings. The van der Waals surface area contributed by atoms with Crippen molar-refractivity contribution < 1.29 is 61.3 Å². The third-order valence-corrected chi connectivity index (χ3v) is 11.9. The average Bonchev–Trinajstić information content (AvgIpc) is 3.30. The first kappa shape index (κ1) is 71.0. The number of rotatable bonds is 54. The summed E-state index contributed by atoms with van der Waals surface area (Å²) in [7, 11) is 0. The van der Waals surface area contributed by atoms with Gasteiger partial charge < -0.3 is 78.1 Å². The van der Waals surface area contributed by atoms with Gasteiger partial charge in [0, 0.05) is 63.9 Å². The maximum atomic E-state index is 10.9. The Hall–Kier alpha value is -1.04. The fourth-order valence-corrected chi connectivity index (χ4v) is 7.48. The normalized spacial score (nSPS) is 18.6. The van der Waals surface area contributed by atoms with Gasteiger partial charge in [-0.2, -0.15) is 0 Å². The van der Waals surface area contributed by atoms with Crippen LogP contribution < -0.4 is 75.3 Å². The summed E-state index contributed by atoms with van der Waals surface area (Å²) in [6.07, 6.45) is -1.79. The standard InChI is InChI=1S/C46H108N14O12/c1-32(49-24-12-37(63)51-23-11-33(2)61)10-22-50-38(64)13-25-54-43(69)18-31-58-46(72)36(9-5-7-21-48)60-44(70)19-29-56-41(67)16-27-53-39(65)14-26-52-40(66)15-28-55-42(68)17-30-57-45(71)35(59-34(3)62)8-4-6-20-47/h32-46,49-72H,4-31,47-48H2,1-3H3. The van der Waals surface area contributed by atoms with Gasteiger partial charge in [-0.25, -0.2) is 0 Å². The molecule has 0 saturated heterocycles. The molecule has 15 atom stereocenters. The van der Waals surface area contributed by atoms with E-state index >= 15 is 0 Å². The lowest BCUT2D eigenvalue weighted by atomic mass is 10.1. The van der Waals surface area contributed by atoms with Crippen LogP contribution in [0.3, 0.4) is 0 Å². The predicted octanol–water partition coefficient (Wildman–Crippen LogP) is -6.75. The summed E-state index contributed by atoms with van der Waals surface area (Å²) in [6.45, 7) is 10.2. The minimum absolute atomic E-state index is 0.173. The molecule has 0 aromatic heterocycles. The van der Waals surface area contributed by atoms with Crippen molar-refractivity contribution in [3.8, 4) is 0 Å². The maximum Gasteiger partial charge on any atom is 0.120 e. The van der Waals surface area contributed by atoms with Crippen LogP contribution in [0.5, 0.6) is 0 Å². The van der Waals surface area contributed by atoms with E-state index in [1.807, 2.05) is 6.92 Å². The molecule has 434 valence electrons. The van der Waals surface area contributed by atoms with Gasteiger partial charge in [-0.05, 0) is 143 Å². The molecule has 0 amide bonds. The fourth-order valence-electron chi connectivity index (χ4n) is 7.48. The first-order valence-electron chi connectivity index (χ1n) is 26.8. The largest absolute Gasteiger partial charge is 0.393 e. The molecule has 0 aliphatic carbocycles. The zero-order chi connectivity index (χ0) is 53.9. The number of hydrogen-bond donors (Lipinski definition) is 26. The van der Waals surface area contributed by atoms with E-state index in [-0.39, 0.29) is 50.9 Å². The third kappa shape index (κ3) is 44.1. The van der Waals surface area contributed by atoms with Gasteiger partial charge in [-0.3, -0.25) is 58.5 Å². The summed E-state index contributed by atoms with van der Waals surface area (Å²) in [5, 5.41) is 159. The van der Waals surface area contributed by atoms with Crippen molar-refractivity contribution >= 4 is 0 Å². The summed E-state index contributed by atoms with van der Waals surface area (Å²) >= 11 is 0. The SMILES string of the molecule is CC(O)CCNC(O)CCNC(C)CCNC(O)CCNC(O)CCNC(O)C(CCCCN)NC(O)CCNC(O)CCNC(O)CCNC(O)CCNC(O)CCNC(O)C(CCCCN)NC(C)O. The van der Waals surface area contributed by atoms with Crippen LogP contribution in [0, 0.1) is 0 Å². The van der Waals surface area contributed by atoms with E-state index in [1.54, 1.807) is 13.8 Å². The highest BCUT2D eigenvalue weighted by Gasteiger charge is 2.23. The Morgan fingerprint density at radius 1 is 0.292 bits per heavy atom. The van der Waals surface area contributed by atoms with Gasteiger partial charge in [0.25, 0.3) is 0 Å². The van der Waals surface area contributed by atoms with Crippen molar-refractivity contribution in [1.29, 1.82) is 0 Å². The van der Waals surface area contributed by atoms with Crippen molar-refractivity contribution in [3.63, 3.8) is 0 Å². The monoisotopic (exact) mass is 1050 g/mol. The van der Waals surface area contributed by atoms with E-state index in [1.165, 1.54) is 0 Å². The van der Waals surface area contributed by atoms with Gasteiger partial charge in [0.2, 0.25) is 0 Å². The Labute approximate surface area is 430 Å². The lowest BCUT2D eigenvalue weighted by Crippen LogP contribution is -2.52. The molecular formula is C46H108N14O12. The Morgan fingerprint density at radius 2 is 0.569 bits per heavy atom. The first-order chi connectivity index (χ1) is 34.4. The fraction of sp³-hybridized carbons (Fsp3) is 1.00. The quantitative estimate of drug-likeness (QED) is 0.0199. The Morgan fingerprint density at radius 3 is 0.889 bits per heavy atom. The van der Waals surface area contributed by atoms with Crippen LogP contribution in [-0.2, 0) is 0 Å². The van der Waals surface area contributed by atoms with Crippen molar-refractivity contribution in [2.24, 2.45) is 11.5 Å². The van der Waals surface area contributed by atoms with Crippen molar-refractivity contribution in [1.82, 2.24) is 63.8 Å². The number of unbranched alkanes of at least 4 members (excludes halogenated alkanes) is 2. The third-order valence-electron chi connectivity index (χ3n) is 11.9. The average molecular weight is 1050 g/mol. The topological polar surface area (TPSA) is 439 Å². The molecule has 0 aromatic carbocycles. The highest BCUT2D eigenvalue weighted by Crippen LogP contribution is 2.08. The van der Waals surface area contributed by atoms with Crippen LogP contribution in [-0.4, -0.2) is 233 Å². The van der Waals surface area contributed by atoms with Gasteiger partial charge in [0.15, 0.2) is 0 Å². The summed E-state index contributed by atoms with van der Waals surface area (Å²) in [5.74, 6) is 0. The second-order valence-corrected chi connectivity index (χ2v) is 19.0. The predicted molar refractivity (Wildman–Crippen MR) is 279 cm³/mol. The van der Waals surface area contributed by atoms with Crippen molar-refractivity contribution in [2.75, 3.05) is 78.5 Å². The summed E-state index contributed by atoms with van der Waals surface area (Å²) in [6, 6.07) is -0.713. The molecule has 0 bridgehead atoms. The van der Waals surface area contributed by atoms with Crippen LogP contribution >= 0.6 is 0 Å². The highest BCUT2D eigenvalue weighted by molar-refractivity contribution is 4.78. The molecule has 0 rings (SSSR count). The molecular weight excluding hydrogens is 941 g/mol. The lowest BCUT2D eigenvalue weighted by Gasteiger charge is -2.28. The molecule has 15 unspecified atom stereocenters. The zero-order valence-electron chi connectivity index (χ0n) is 44.0. The van der Waals surface area contributed by atoms with Crippen LogP contribution in [0.25, 0.3) is 0 Å². The van der Waals surface area contributed by atoms with Crippen LogP contribution in [0.4, 0.5) is 0 Å². The highest BCUT2D eigenvalue weighted by atomic mass is 16.3. The molecule has 0 saturated carbocycles. The summed E-state index contributed by atoms with van der Waals surface area (Å²) < 4.78 is 0. The van der Waals surface area contributed by atoms with E-state index in [9.17, 15) is 61.3 Å². The van der Waals surface area contributed by atoms with Gasteiger partial charge >= 0.3 is 0 Å². The Balaban J connectivity index is 4.24. The molecule has 0 aliphatic rings. The first-order valence-corrected chi connectivity index (χ1v) is 26.8. The summed E-state index contributed by atoms with van der Waals surface area (Å²) in [5.41, 5.74) is 11.2. The lowest BCUT2D eigenvalue weighted by molar-refractivity contribution is 0.0338. The number of nitrogens with two attached hydrogens (primary N) is 2. The minimum Gasteiger partial charge on any atom is -0.393 e. The number of aliphatic hydroxyl groups excluding tert-OH is 12. The van der Waals surface area contributed by atoms with E-state index in [0.29, 0.717) is 110 Å². The Bertz CT molecular complexity index is 1180. The van der Waals surface area contributed by atoms with Crippen LogP contribution in [0.1, 0.15) is 124 Å². The number of aliphatic hydroxyl groups is 12. The maximum absolute atomic E-state index is 10.9. The second-order valence-electron chi connectivity index (χ2n) is 19.0. The minimum atomic E-state index is -1.03. The van der Waals surface area contributed by atoms with Gasteiger partial charge in [-0.15, -0.1) is 0 Å². The molecule has 0 heterocycles. The van der Waals surface area contributed by atoms with E-state index in [0.717, 1.165) is 32.1 Å². The number of nitrogens with one attached hydrogen (secondary N) is 12. The smallest absolute Gasteiger partial charge is 0.120 e. The molecule has 26 heteroatoms. The van der Waals surface area contributed by atoms with Gasteiger partial charge in [0.1, 0.15) is 68.5 Å². The molecule has 0 aliphatic heterocycles. The zero-order valence-corrected chi connectivity index (χ0v) is 44.0. The van der Waals surface area contributed by atoms with Gasteiger partial charge in [-0.1, -0.05) is 12.8 Å². The molecule has 26 nitrogen and oxygen atoms in total. The van der Waals surface area contributed by atoms with E-state index in [4.69, 9.17) is 11.5 Å². The van der Waals surface area contributed by atoms with Crippen LogP contribution in [0.2, 0.25) is 0 Å². The second kappa shape index (κ2) is 47.2. The summed E-state index contributed by atoms with van der Waals surface area (Å²) in [4.78, 5) is 0. The molecule has 0 radical (unpaired) electrons. The molecule has 72 heavy (non-hydrogen) atoms. The number of hydrogen-bond acceptors (Lipinski definition) is 26. The van der Waals surface area contributed by atoms with E-state index in [2.05, 4.69) is 63.8 Å². The van der Waals surface area contributed by atoms with Crippen LogP contribution in [0.15, 0.2) is 0 Å².